The monoisotopic (exact) mass is 246 g/mol. The van der Waals surface area contributed by atoms with E-state index in [9.17, 15) is 4.79 Å². The third kappa shape index (κ3) is 3.03. The fraction of sp³-hybridized carbons (Fsp3) is 0.533. The van der Waals surface area contributed by atoms with Gasteiger partial charge in [0.05, 0.1) is 0 Å². The third-order valence-corrected chi connectivity index (χ3v) is 3.39. The molecular formula is C15H22N2O. The number of likely N-dealkylation sites (tertiary alicyclic amines) is 1. The fourth-order valence-electron chi connectivity index (χ4n) is 2.58. The first-order valence-electron chi connectivity index (χ1n) is 6.70. The van der Waals surface area contributed by atoms with Crippen LogP contribution < -0.4 is 5.32 Å². The van der Waals surface area contributed by atoms with Crippen molar-refractivity contribution in [3.05, 3.63) is 29.3 Å². The number of benzene rings is 1. The van der Waals surface area contributed by atoms with Crippen molar-refractivity contribution in [3.63, 3.8) is 0 Å². The second kappa shape index (κ2) is 5.42. The lowest BCUT2D eigenvalue weighted by molar-refractivity contribution is -0.130. The molecule has 0 saturated carbocycles. The molecule has 1 fully saturated rings. The summed E-state index contributed by atoms with van der Waals surface area (Å²) < 4.78 is 0. The van der Waals surface area contributed by atoms with Crippen molar-refractivity contribution in [2.45, 2.75) is 39.7 Å². The maximum Gasteiger partial charge on any atom is 0.244 e. The summed E-state index contributed by atoms with van der Waals surface area (Å²) in [5.74, 6) is 0.214. The third-order valence-electron chi connectivity index (χ3n) is 3.39. The molecule has 0 spiro atoms. The number of aryl methyl sites for hydroxylation is 2. The minimum absolute atomic E-state index is 0.149. The van der Waals surface area contributed by atoms with E-state index in [0.717, 1.165) is 31.6 Å². The Morgan fingerprint density at radius 2 is 1.72 bits per heavy atom. The molecule has 1 atom stereocenters. The van der Waals surface area contributed by atoms with Crippen LogP contribution in [-0.2, 0) is 4.79 Å². The predicted molar refractivity (Wildman–Crippen MR) is 74.8 cm³/mol. The van der Waals surface area contributed by atoms with E-state index in [1.807, 2.05) is 11.8 Å². The van der Waals surface area contributed by atoms with Crippen LogP contribution in [0.4, 0.5) is 5.69 Å². The van der Waals surface area contributed by atoms with E-state index >= 15 is 0 Å². The van der Waals surface area contributed by atoms with Crippen LogP contribution in [0, 0.1) is 13.8 Å². The average molecular weight is 246 g/mol. The number of carbonyl (C=O) groups is 1. The topological polar surface area (TPSA) is 32.3 Å². The molecule has 1 aliphatic rings. The number of anilines is 1. The first-order valence-corrected chi connectivity index (χ1v) is 6.70. The van der Waals surface area contributed by atoms with E-state index in [1.165, 1.54) is 11.1 Å². The number of rotatable bonds is 3. The maximum absolute atomic E-state index is 12.2. The van der Waals surface area contributed by atoms with Crippen LogP contribution >= 0.6 is 0 Å². The van der Waals surface area contributed by atoms with E-state index in [1.54, 1.807) is 0 Å². The lowest BCUT2D eigenvalue weighted by atomic mass is 10.1. The lowest BCUT2D eigenvalue weighted by Gasteiger charge is -2.22. The van der Waals surface area contributed by atoms with E-state index in [0.29, 0.717) is 0 Å². The highest BCUT2D eigenvalue weighted by atomic mass is 16.2. The number of hydrogen-bond acceptors (Lipinski definition) is 2. The van der Waals surface area contributed by atoms with Gasteiger partial charge in [-0.05, 0) is 56.9 Å². The van der Waals surface area contributed by atoms with Crippen LogP contribution in [0.25, 0.3) is 0 Å². The Balaban J connectivity index is 2.01. The largest absolute Gasteiger partial charge is 0.374 e. The highest BCUT2D eigenvalue weighted by Gasteiger charge is 2.22. The zero-order valence-corrected chi connectivity index (χ0v) is 11.5. The van der Waals surface area contributed by atoms with Gasteiger partial charge < -0.3 is 10.2 Å². The Bertz CT molecular complexity index is 416. The van der Waals surface area contributed by atoms with Gasteiger partial charge in [0, 0.05) is 18.8 Å². The molecule has 0 radical (unpaired) electrons. The minimum Gasteiger partial charge on any atom is -0.374 e. The molecular weight excluding hydrogens is 224 g/mol. The molecule has 0 bridgehead atoms. The normalized spacial score (nSPS) is 16.7. The summed E-state index contributed by atoms with van der Waals surface area (Å²) in [6, 6.07) is 6.16. The van der Waals surface area contributed by atoms with E-state index in [2.05, 4.69) is 37.4 Å². The highest BCUT2D eigenvalue weighted by Crippen LogP contribution is 2.16. The zero-order chi connectivity index (χ0) is 13.1. The van der Waals surface area contributed by atoms with Crippen molar-refractivity contribution in [2.24, 2.45) is 0 Å². The van der Waals surface area contributed by atoms with Gasteiger partial charge >= 0.3 is 0 Å². The molecule has 1 heterocycles. The number of hydrogen-bond donors (Lipinski definition) is 1. The molecule has 98 valence electrons. The lowest BCUT2D eigenvalue weighted by Crippen LogP contribution is -2.39. The fourth-order valence-corrected chi connectivity index (χ4v) is 2.58. The number of nitrogens with one attached hydrogen (secondary N) is 1. The van der Waals surface area contributed by atoms with Crippen molar-refractivity contribution in [1.29, 1.82) is 0 Å². The zero-order valence-electron chi connectivity index (χ0n) is 11.5. The minimum atomic E-state index is -0.149. The summed E-state index contributed by atoms with van der Waals surface area (Å²) in [7, 11) is 0. The molecule has 0 aliphatic carbocycles. The summed E-state index contributed by atoms with van der Waals surface area (Å²) in [4.78, 5) is 14.1. The van der Waals surface area contributed by atoms with Crippen molar-refractivity contribution in [3.8, 4) is 0 Å². The molecule has 3 heteroatoms. The molecule has 1 aromatic rings. The van der Waals surface area contributed by atoms with Gasteiger partial charge in [-0.15, -0.1) is 0 Å². The van der Waals surface area contributed by atoms with Crippen molar-refractivity contribution in [1.82, 2.24) is 4.90 Å². The Kier molecular flexibility index (Phi) is 3.90. The highest BCUT2D eigenvalue weighted by molar-refractivity contribution is 5.84. The van der Waals surface area contributed by atoms with Crippen LogP contribution in [0.1, 0.15) is 30.9 Å². The van der Waals surface area contributed by atoms with Crippen LogP contribution in [0.3, 0.4) is 0 Å². The summed E-state index contributed by atoms with van der Waals surface area (Å²) in [5, 5.41) is 3.31. The van der Waals surface area contributed by atoms with Crippen LogP contribution in [0.5, 0.6) is 0 Å². The SMILES string of the molecule is Cc1cc(C)cc(NC(C)C(=O)N2CCCC2)c1. The van der Waals surface area contributed by atoms with E-state index in [4.69, 9.17) is 0 Å². The van der Waals surface area contributed by atoms with Crippen molar-refractivity contribution in [2.75, 3.05) is 18.4 Å². The molecule has 3 nitrogen and oxygen atoms in total. The quantitative estimate of drug-likeness (QED) is 0.889. The second-order valence-corrected chi connectivity index (χ2v) is 5.27. The number of nitrogens with zero attached hydrogens (tertiary/aromatic N) is 1. The van der Waals surface area contributed by atoms with E-state index in [-0.39, 0.29) is 11.9 Å². The number of amides is 1. The molecule has 1 saturated heterocycles. The molecule has 1 unspecified atom stereocenters. The van der Waals surface area contributed by atoms with Crippen LogP contribution in [0.15, 0.2) is 18.2 Å². The van der Waals surface area contributed by atoms with Gasteiger partial charge in [0.2, 0.25) is 5.91 Å². The van der Waals surface area contributed by atoms with Gasteiger partial charge in [-0.1, -0.05) is 6.07 Å². The molecule has 2 rings (SSSR count). The maximum atomic E-state index is 12.2. The van der Waals surface area contributed by atoms with Gasteiger partial charge in [0.25, 0.3) is 0 Å². The van der Waals surface area contributed by atoms with Gasteiger partial charge in [0.1, 0.15) is 6.04 Å². The van der Waals surface area contributed by atoms with Crippen LogP contribution in [-0.4, -0.2) is 29.9 Å². The summed E-state index contributed by atoms with van der Waals surface area (Å²) in [5.41, 5.74) is 3.48. The first-order chi connectivity index (χ1) is 8.56. The van der Waals surface area contributed by atoms with Gasteiger partial charge in [-0.25, -0.2) is 0 Å². The number of carbonyl (C=O) groups excluding carboxylic acids is 1. The van der Waals surface area contributed by atoms with Gasteiger partial charge in [0.15, 0.2) is 0 Å². The molecule has 18 heavy (non-hydrogen) atoms. The van der Waals surface area contributed by atoms with Gasteiger partial charge in [-0.3, -0.25) is 4.79 Å². The van der Waals surface area contributed by atoms with Crippen molar-refractivity contribution >= 4 is 11.6 Å². The van der Waals surface area contributed by atoms with Crippen molar-refractivity contribution < 1.29 is 4.79 Å². The molecule has 1 N–H and O–H groups in total. The smallest absolute Gasteiger partial charge is 0.244 e. The Morgan fingerprint density at radius 1 is 1.17 bits per heavy atom. The average Bonchev–Trinajstić information content (AvgIpc) is 2.79. The molecule has 1 aliphatic heterocycles. The Labute approximate surface area is 109 Å². The van der Waals surface area contributed by atoms with E-state index < -0.39 is 0 Å². The van der Waals surface area contributed by atoms with Crippen LogP contribution in [0.2, 0.25) is 0 Å². The predicted octanol–water partition coefficient (Wildman–Crippen LogP) is 2.73. The summed E-state index contributed by atoms with van der Waals surface area (Å²) in [6.07, 6.45) is 2.28. The Morgan fingerprint density at radius 3 is 2.28 bits per heavy atom. The first kappa shape index (κ1) is 12.9. The Hall–Kier alpha value is -1.51. The standard InChI is InChI=1S/C15H22N2O/c1-11-8-12(2)10-14(9-11)16-13(3)15(18)17-6-4-5-7-17/h8-10,13,16H,4-7H2,1-3H3. The molecule has 0 aromatic heterocycles. The summed E-state index contributed by atoms with van der Waals surface area (Å²) in [6.45, 7) is 7.92. The van der Waals surface area contributed by atoms with Gasteiger partial charge in [-0.2, -0.15) is 0 Å². The second-order valence-electron chi connectivity index (χ2n) is 5.27. The molecule has 1 amide bonds. The summed E-state index contributed by atoms with van der Waals surface area (Å²) >= 11 is 0. The molecule has 1 aromatic carbocycles.